The first kappa shape index (κ1) is 11.5. The molecule has 0 aliphatic carbocycles. The number of benzene rings is 1. The van der Waals surface area contributed by atoms with E-state index in [4.69, 9.17) is 11.0 Å². The molecule has 0 saturated heterocycles. The van der Waals surface area contributed by atoms with Crippen LogP contribution in [0.25, 0.3) is 0 Å². The lowest BCUT2D eigenvalue weighted by atomic mass is 10.1. The van der Waals surface area contributed by atoms with Gasteiger partial charge in [0.05, 0.1) is 11.3 Å². The molecule has 80 valence electrons. The molecule has 0 fully saturated rings. The second-order valence-corrected chi connectivity index (χ2v) is 3.83. The predicted molar refractivity (Wildman–Crippen MR) is 62.8 cm³/mol. The van der Waals surface area contributed by atoms with Crippen LogP contribution in [0.3, 0.4) is 0 Å². The van der Waals surface area contributed by atoms with Crippen LogP contribution in [-0.4, -0.2) is 19.6 Å². The van der Waals surface area contributed by atoms with Gasteiger partial charge in [0.25, 0.3) is 0 Å². The molecule has 3 heteroatoms. The first-order valence-electron chi connectivity index (χ1n) is 5.03. The monoisotopic (exact) mass is 203 g/mol. The number of aryl methyl sites for hydroxylation is 1. The van der Waals surface area contributed by atoms with Crippen LogP contribution in [0, 0.1) is 18.3 Å². The van der Waals surface area contributed by atoms with Gasteiger partial charge in [0.1, 0.15) is 6.07 Å². The Bertz CT molecular complexity index is 379. The lowest BCUT2D eigenvalue weighted by Gasteiger charge is -2.27. The van der Waals surface area contributed by atoms with Crippen LogP contribution in [-0.2, 0) is 0 Å². The highest BCUT2D eigenvalue weighted by atomic mass is 15.1. The van der Waals surface area contributed by atoms with E-state index < -0.39 is 0 Å². The van der Waals surface area contributed by atoms with Gasteiger partial charge in [-0.05, 0) is 31.5 Å². The van der Waals surface area contributed by atoms with Gasteiger partial charge in [0.15, 0.2) is 0 Å². The van der Waals surface area contributed by atoms with Gasteiger partial charge in [-0.1, -0.05) is 6.07 Å². The molecule has 1 unspecified atom stereocenters. The fourth-order valence-electron chi connectivity index (χ4n) is 1.42. The highest BCUT2D eigenvalue weighted by Crippen LogP contribution is 2.21. The number of anilines is 1. The van der Waals surface area contributed by atoms with Crippen molar-refractivity contribution in [3.05, 3.63) is 29.3 Å². The number of likely N-dealkylation sites (N-methyl/N-ethyl adjacent to an activating group) is 1. The van der Waals surface area contributed by atoms with Crippen molar-refractivity contribution in [2.24, 2.45) is 5.73 Å². The zero-order valence-corrected chi connectivity index (χ0v) is 9.49. The molecular formula is C12H17N3. The summed E-state index contributed by atoms with van der Waals surface area (Å²) in [6, 6.07) is 8.25. The second-order valence-electron chi connectivity index (χ2n) is 3.83. The average Bonchev–Trinajstić information content (AvgIpc) is 2.27. The van der Waals surface area contributed by atoms with Gasteiger partial charge in [-0.3, -0.25) is 0 Å². The van der Waals surface area contributed by atoms with Crippen LogP contribution in [0.1, 0.15) is 18.1 Å². The van der Waals surface area contributed by atoms with Crippen molar-refractivity contribution < 1.29 is 0 Å². The van der Waals surface area contributed by atoms with Crippen molar-refractivity contribution in [1.29, 1.82) is 5.26 Å². The van der Waals surface area contributed by atoms with Crippen molar-refractivity contribution in [3.63, 3.8) is 0 Å². The standard InChI is InChI=1S/C12H17N3/c1-9-4-5-11(8-14)12(6-9)15(3)10(2)7-13/h4-6,10H,7,13H2,1-3H3. The van der Waals surface area contributed by atoms with Crippen molar-refractivity contribution >= 4 is 5.69 Å². The minimum absolute atomic E-state index is 0.235. The highest BCUT2D eigenvalue weighted by molar-refractivity contribution is 5.60. The van der Waals surface area contributed by atoms with Gasteiger partial charge in [0, 0.05) is 19.6 Å². The SMILES string of the molecule is Cc1ccc(C#N)c(N(C)C(C)CN)c1. The van der Waals surface area contributed by atoms with E-state index in [9.17, 15) is 0 Å². The molecular weight excluding hydrogens is 186 g/mol. The van der Waals surface area contributed by atoms with Gasteiger partial charge in [-0.15, -0.1) is 0 Å². The Kier molecular flexibility index (Phi) is 3.70. The molecule has 3 nitrogen and oxygen atoms in total. The van der Waals surface area contributed by atoms with E-state index in [-0.39, 0.29) is 6.04 Å². The van der Waals surface area contributed by atoms with Gasteiger partial charge < -0.3 is 10.6 Å². The molecule has 0 aromatic heterocycles. The second kappa shape index (κ2) is 4.81. The third-order valence-electron chi connectivity index (χ3n) is 2.66. The number of hydrogen-bond donors (Lipinski definition) is 1. The number of nitriles is 1. The summed E-state index contributed by atoms with van der Waals surface area (Å²) in [5.74, 6) is 0. The molecule has 2 N–H and O–H groups in total. The Hall–Kier alpha value is -1.53. The van der Waals surface area contributed by atoms with Crippen LogP contribution in [0.5, 0.6) is 0 Å². The minimum Gasteiger partial charge on any atom is -0.370 e. The number of nitrogens with zero attached hydrogens (tertiary/aromatic N) is 2. The summed E-state index contributed by atoms with van der Waals surface area (Å²) in [7, 11) is 1.97. The van der Waals surface area contributed by atoms with E-state index in [0.29, 0.717) is 12.1 Å². The molecule has 1 atom stereocenters. The topological polar surface area (TPSA) is 53.0 Å². The number of hydrogen-bond acceptors (Lipinski definition) is 3. The maximum atomic E-state index is 9.00. The Labute approximate surface area is 91.1 Å². The van der Waals surface area contributed by atoms with Gasteiger partial charge in [0.2, 0.25) is 0 Å². The maximum absolute atomic E-state index is 9.00. The van der Waals surface area contributed by atoms with Crippen LogP contribution in [0.4, 0.5) is 5.69 Å². The average molecular weight is 203 g/mol. The molecule has 0 aliphatic rings. The molecule has 0 bridgehead atoms. The largest absolute Gasteiger partial charge is 0.370 e. The lowest BCUT2D eigenvalue weighted by Crippen LogP contribution is -2.35. The normalized spacial score (nSPS) is 11.9. The van der Waals surface area contributed by atoms with Gasteiger partial charge in [-0.25, -0.2) is 0 Å². The first-order chi connectivity index (χ1) is 7.10. The quantitative estimate of drug-likeness (QED) is 0.812. The summed E-state index contributed by atoms with van der Waals surface area (Å²) >= 11 is 0. The molecule has 0 aliphatic heterocycles. The van der Waals surface area contributed by atoms with E-state index in [1.165, 1.54) is 0 Å². The van der Waals surface area contributed by atoms with Crippen LogP contribution in [0.2, 0.25) is 0 Å². The zero-order chi connectivity index (χ0) is 11.4. The lowest BCUT2D eigenvalue weighted by molar-refractivity contribution is 0.695. The summed E-state index contributed by atoms with van der Waals surface area (Å²) in [5, 5.41) is 9.00. The van der Waals surface area contributed by atoms with E-state index in [1.54, 1.807) is 0 Å². The number of nitrogens with two attached hydrogens (primary N) is 1. The summed E-state index contributed by atoms with van der Waals surface area (Å²) in [5.41, 5.74) is 8.42. The third-order valence-corrected chi connectivity index (χ3v) is 2.66. The highest BCUT2D eigenvalue weighted by Gasteiger charge is 2.12. The fraction of sp³-hybridized carbons (Fsp3) is 0.417. The van der Waals surface area contributed by atoms with Crippen LogP contribution < -0.4 is 10.6 Å². The molecule has 15 heavy (non-hydrogen) atoms. The summed E-state index contributed by atoms with van der Waals surface area (Å²) in [4.78, 5) is 2.05. The molecule has 1 aromatic carbocycles. The zero-order valence-electron chi connectivity index (χ0n) is 9.49. The van der Waals surface area contributed by atoms with E-state index in [0.717, 1.165) is 11.3 Å². The molecule has 0 heterocycles. The molecule has 0 saturated carbocycles. The minimum atomic E-state index is 0.235. The summed E-state index contributed by atoms with van der Waals surface area (Å²) in [6.07, 6.45) is 0. The van der Waals surface area contributed by atoms with E-state index in [2.05, 4.69) is 6.07 Å². The van der Waals surface area contributed by atoms with Gasteiger partial charge in [-0.2, -0.15) is 5.26 Å². The van der Waals surface area contributed by atoms with Crippen LogP contribution in [0.15, 0.2) is 18.2 Å². The molecule has 0 radical (unpaired) electrons. The van der Waals surface area contributed by atoms with Gasteiger partial charge >= 0.3 is 0 Å². The van der Waals surface area contributed by atoms with Crippen molar-refractivity contribution in [1.82, 2.24) is 0 Å². The fourth-order valence-corrected chi connectivity index (χ4v) is 1.42. The predicted octanol–water partition coefficient (Wildman–Crippen LogP) is 1.65. The molecule has 1 rings (SSSR count). The Balaban J connectivity index is 3.12. The van der Waals surface area contributed by atoms with Crippen LogP contribution >= 0.6 is 0 Å². The smallest absolute Gasteiger partial charge is 0.101 e. The first-order valence-corrected chi connectivity index (χ1v) is 5.03. The van der Waals surface area contributed by atoms with E-state index in [1.807, 2.05) is 44.0 Å². The summed E-state index contributed by atoms with van der Waals surface area (Å²) in [6.45, 7) is 4.64. The maximum Gasteiger partial charge on any atom is 0.101 e. The molecule has 0 amide bonds. The Morgan fingerprint density at radius 1 is 1.53 bits per heavy atom. The number of rotatable bonds is 3. The molecule has 1 aromatic rings. The van der Waals surface area contributed by atoms with Crippen molar-refractivity contribution in [2.75, 3.05) is 18.5 Å². The Morgan fingerprint density at radius 3 is 2.73 bits per heavy atom. The summed E-state index contributed by atoms with van der Waals surface area (Å²) < 4.78 is 0. The molecule has 0 spiro atoms. The van der Waals surface area contributed by atoms with Crippen molar-refractivity contribution in [2.45, 2.75) is 19.9 Å². The van der Waals surface area contributed by atoms with E-state index >= 15 is 0 Å². The van der Waals surface area contributed by atoms with Crippen molar-refractivity contribution in [3.8, 4) is 6.07 Å². The third kappa shape index (κ3) is 2.48. The Morgan fingerprint density at radius 2 is 2.20 bits per heavy atom.